The molecule has 0 aromatic heterocycles. The van der Waals surface area contributed by atoms with E-state index in [2.05, 4.69) is 15.9 Å². The van der Waals surface area contributed by atoms with Crippen LogP contribution in [-0.2, 0) is 11.5 Å². The Morgan fingerprint density at radius 3 is 2.36 bits per heavy atom. The summed E-state index contributed by atoms with van der Waals surface area (Å²) in [4.78, 5) is 0. The summed E-state index contributed by atoms with van der Waals surface area (Å²) in [5.41, 5.74) is 4.50. The Kier molecular flexibility index (Phi) is 3.32. The Labute approximate surface area is 92.2 Å². The molecule has 0 atom stereocenters. The number of nitrogens with two attached hydrogens (primary N) is 1. The molecular weight excluding hydrogens is 282 g/mol. The second-order valence-corrected chi connectivity index (χ2v) is 3.57. The number of rotatable bonds is 1. The lowest BCUT2D eigenvalue weighted by Gasteiger charge is -2.12. The molecule has 0 aliphatic carbocycles. The zero-order valence-electron chi connectivity index (χ0n) is 6.83. The molecule has 0 aliphatic rings. The van der Waals surface area contributed by atoms with Gasteiger partial charge in [-0.25, -0.2) is 0 Å². The fourth-order valence-electron chi connectivity index (χ4n) is 0.988. The van der Waals surface area contributed by atoms with Crippen LogP contribution in [0.15, 0.2) is 12.1 Å². The third kappa shape index (κ3) is 2.15. The lowest BCUT2D eigenvalue weighted by molar-refractivity contribution is -0.136. The topological polar surface area (TPSA) is 26.0 Å². The summed E-state index contributed by atoms with van der Waals surface area (Å²) >= 11 is 8.75. The molecule has 0 saturated carbocycles. The van der Waals surface area contributed by atoms with Crippen molar-refractivity contribution in [3.05, 3.63) is 28.3 Å². The number of alkyl halides is 4. The van der Waals surface area contributed by atoms with Crippen LogP contribution in [0.25, 0.3) is 0 Å². The smallest absolute Gasteiger partial charge is 0.397 e. The van der Waals surface area contributed by atoms with Gasteiger partial charge in [0.05, 0.1) is 16.3 Å². The lowest BCUT2D eigenvalue weighted by atomic mass is 10.1. The highest BCUT2D eigenvalue weighted by molar-refractivity contribution is 9.08. The maximum Gasteiger partial charge on any atom is 0.418 e. The summed E-state index contributed by atoms with van der Waals surface area (Å²) in [5, 5.41) is 0.324. The monoisotopic (exact) mass is 287 g/mol. The molecule has 0 fully saturated rings. The largest absolute Gasteiger partial charge is 0.418 e. The molecule has 1 nitrogen and oxygen atoms in total. The van der Waals surface area contributed by atoms with Crippen LogP contribution in [0.3, 0.4) is 0 Å². The molecule has 14 heavy (non-hydrogen) atoms. The molecule has 0 saturated heterocycles. The fraction of sp³-hybridized carbons (Fsp3) is 0.250. The zero-order valence-corrected chi connectivity index (χ0v) is 9.17. The van der Waals surface area contributed by atoms with Crippen molar-refractivity contribution in [2.75, 3.05) is 5.73 Å². The first-order valence-electron chi connectivity index (χ1n) is 3.58. The number of benzene rings is 1. The van der Waals surface area contributed by atoms with Crippen LogP contribution in [-0.4, -0.2) is 0 Å². The molecule has 6 heteroatoms. The minimum Gasteiger partial charge on any atom is -0.397 e. The van der Waals surface area contributed by atoms with Crippen molar-refractivity contribution >= 4 is 33.2 Å². The van der Waals surface area contributed by atoms with Gasteiger partial charge < -0.3 is 5.73 Å². The third-order valence-electron chi connectivity index (χ3n) is 1.71. The van der Waals surface area contributed by atoms with Crippen molar-refractivity contribution < 1.29 is 13.2 Å². The standard InChI is InChI=1S/C8H6BrClF3N/c9-3-4-1-2-5(8(11,12)13)7(14)6(4)10/h1-2H,3,14H2. The van der Waals surface area contributed by atoms with Crippen LogP contribution >= 0.6 is 27.5 Å². The Balaban J connectivity index is 3.31. The van der Waals surface area contributed by atoms with E-state index in [0.29, 0.717) is 10.9 Å². The van der Waals surface area contributed by atoms with E-state index in [1.165, 1.54) is 6.07 Å². The van der Waals surface area contributed by atoms with E-state index < -0.39 is 17.4 Å². The van der Waals surface area contributed by atoms with Gasteiger partial charge in [-0.3, -0.25) is 0 Å². The number of hydrogen-bond acceptors (Lipinski definition) is 1. The number of nitrogen functional groups attached to an aromatic ring is 1. The van der Waals surface area contributed by atoms with E-state index in [-0.39, 0.29) is 5.02 Å². The normalized spacial score (nSPS) is 11.8. The summed E-state index contributed by atoms with van der Waals surface area (Å²) in [6, 6.07) is 2.23. The summed E-state index contributed by atoms with van der Waals surface area (Å²) in [5.74, 6) is 0. The Morgan fingerprint density at radius 1 is 1.36 bits per heavy atom. The second kappa shape index (κ2) is 3.98. The van der Waals surface area contributed by atoms with Crippen LogP contribution < -0.4 is 5.73 Å². The number of hydrogen-bond donors (Lipinski definition) is 1. The zero-order chi connectivity index (χ0) is 10.9. The number of halogens is 5. The lowest BCUT2D eigenvalue weighted by Crippen LogP contribution is -2.09. The van der Waals surface area contributed by atoms with Gasteiger partial charge >= 0.3 is 6.18 Å². The van der Waals surface area contributed by atoms with Gasteiger partial charge in [0.2, 0.25) is 0 Å². The highest BCUT2D eigenvalue weighted by Crippen LogP contribution is 2.38. The Bertz CT molecular complexity index is 351. The summed E-state index contributed by atoms with van der Waals surface area (Å²) in [7, 11) is 0. The van der Waals surface area contributed by atoms with Gasteiger partial charge in [0.15, 0.2) is 0 Å². The van der Waals surface area contributed by atoms with Gasteiger partial charge in [0, 0.05) is 5.33 Å². The maximum absolute atomic E-state index is 12.3. The van der Waals surface area contributed by atoms with Gasteiger partial charge in [0.1, 0.15) is 0 Å². The first-order chi connectivity index (χ1) is 6.38. The number of anilines is 1. The summed E-state index contributed by atoms with van der Waals surface area (Å²) in [6.07, 6.45) is -4.46. The van der Waals surface area contributed by atoms with E-state index in [9.17, 15) is 13.2 Å². The summed E-state index contributed by atoms with van der Waals surface area (Å²) < 4.78 is 36.9. The van der Waals surface area contributed by atoms with E-state index in [4.69, 9.17) is 17.3 Å². The average Bonchev–Trinajstić information content (AvgIpc) is 2.07. The van der Waals surface area contributed by atoms with Gasteiger partial charge in [-0.15, -0.1) is 0 Å². The SMILES string of the molecule is Nc1c(C(F)(F)F)ccc(CBr)c1Cl. The van der Waals surface area contributed by atoms with Gasteiger partial charge in [-0.05, 0) is 11.6 Å². The third-order valence-corrected chi connectivity index (χ3v) is 2.76. The van der Waals surface area contributed by atoms with E-state index in [1.54, 1.807) is 0 Å². The van der Waals surface area contributed by atoms with Crippen molar-refractivity contribution in [3.63, 3.8) is 0 Å². The van der Waals surface area contributed by atoms with Crippen molar-refractivity contribution in [2.24, 2.45) is 0 Å². The summed E-state index contributed by atoms with van der Waals surface area (Å²) in [6.45, 7) is 0. The maximum atomic E-state index is 12.3. The van der Waals surface area contributed by atoms with Gasteiger partial charge in [-0.1, -0.05) is 33.6 Å². The van der Waals surface area contributed by atoms with Crippen LogP contribution in [0.2, 0.25) is 5.02 Å². The van der Waals surface area contributed by atoms with Crippen LogP contribution in [0.1, 0.15) is 11.1 Å². The van der Waals surface area contributed by atoms with Crippen molar-refractivity contribution in [3.8, 4) is 0 Å². The predicted octanol–water partition coefficient (Wildman–Crippen LogP) is 3.84. The molecular formula is C8H6BrClF3N. The molecule has 0 bridgehead atoms. The predicted molar refractivity (Wildman–Crippen MR) is 53.5 cm³/mol. The molecule has 0 heterocycles. The fourth-order valence-corrected chi connectivity index (χ4v) is 1.85. The highest BCUT2D eigenvalue weighted by Gasteiger charge is 2.33. The van der Waals surface area contributed by atoms with Gasteiger partial charge in [-0.2, -0.15) is 13.2 Å². The molecule has 1 aromatic rings. The first kappa shape index (κ1) is 11.7. The highest BCUT2D eigenvalue weighted by atomic mass is 79.9. The molecule has 78 valence electrons. The van der Waals surface area contributed by atoms with Crippen molar-refractivity contribution in [2.45, 2.75) is 11.5 Å². The molecule has 0 unspecified atom stereocenters. The molecule has 0 aliphatic heterocycles. The molecule has 1 rings (SSSR count). The van der Waals surface area contributed by atoms with E-state index >= 15 is 0 Å². The second-order valence-electron chi connectivity index (χ2n) is 2.63. The first-order valence-corrected chi connectivity index (χ1v) is 5.08. The molecule has 2 N–H and O–H groups in total. The minimum atomic E-state index is -4.46. The molecule has 1 aromatic carbocycles. The van der Waals surface area contributed by atoms with Gasteiger partial charge in [0.25, 0.3) is 0 Å². The quantitative estimate of drug-likeness (QED) is 0.617. The van der Waals surface area contributed by atoms with Crippen molar-refractivity contribution in [1.29, 1.82) is 0 Å². The average molecular weight is 288 g/mol. The molecule has 0 amide bonds. The molecule has 0 spiro atoms. The van der Waals surface area contributed by atoms with Crippen molar-refractivity contribution in [1.82, 2.24) is 0 Å². The Hall–Kier alpha value is -0.420. The minimum absolute atomic E-state index is 0.0447. The molecule has 0 radical (unpaired) electrons. The van der Waals surface area contributed by atoms with E-state index in [1.807, 2.05) is 0 Å². The van der Waals surface area contributed by atoms with Crippen LogP contribution in [0, 0.1) is 0 Å². The van der Waals surface area contributed by atoms with E-state index in [0.717, 1.165) is 6.07 Å². The van der Waals surface area contributed by atoms with Crippen LogP contribution in [0.5, 0.6) is 0 Å². The van der Waals surface area contributed by atoms with Crippen LogP contribution in [0.4, 0.5) is 18.9 Å². The Morgan fingerprint density at radius 2 is 1.93 bits per heavy atom.